The Bertz CT molecular complexity index is 796. The zero-order valence-corrected chi connectivity index (χ0v) is 17.5. The monoisotopic (exact) mass is 416 g/mol. The lowest BCUT2D eigenvalue weighted by atomic mass is 10.1. The molecule has 0 saturated heterocycles. The number of halogens is 1. The molecule has 7 heteroatoms. The van der Waals surface area contributed by atoms with E-state index in [0.717, 1.165) is 24.0 Å². The summed E-state index contributed by atoms with van der Waals surface area (Å²) in [5, 5.41) is 9.42. The van der Waals surface area contributed by atoms with Crippen molar-refractivity contribution < 1.29 is 9.59 Å². The molecule has 2 aromatic carbocycles. The van der Waals surface area contributed by atoms with Crippen LogP contribution in [0.5, 0.6) is 0 Å². The van der Waals surface area contributed by atoms with Crippen LogP contribution in [0, 0.1) is 6.92 Å². The van der Waals surface area contributed by atoms with E-state index in [0.29, 0.717) is 30.2 Å². The van der Waals surface area contributed by atoms with Crippen LogP contribution in [-0.4, -0.2) is 30.9 Å². The van der Waals surface area contributed by atoms with Crippen molar-refractivity contribution in [2.24, 2.45) is 5.73 Å². The summed E-state index contributed by atoms with van der Waals surface area (Å²) in [4.78, 5) is 25.0. The fraction of sp³-hybridized carbons (Fsp3) is 0.364. The summed E-state index contributed by atoms with van der Waals surface area (Å²) < 4.78 is 0. The number of carbonyl (C=O) groups excluding carboxylic acids is 2. The van der Waals surface area contributed by atoms with E-state index in [1.165, 1.54) is 0 Å². The minimum atomic E-state index is -0.608. The van der Waals surface area contributed by atoms with E-state index in [1.807, 2.05) is 49.4 Å². The molecule has 0 bridgehead atoms. The van der Waals surface area contributed by atoms with Gasteiger partial charge in [0.15, 0.2) is 0 Å². The summed E-state index contributed by atoms with van der Waals surface area (Å²) in [6, 6.07) is 14.4. The lowest BCUT2D eigenvalue weighted by Crippen LogP contribution is -2.46. The SMILES string of the molecule is Cc1ccc(NC(=O)[C@H](CCCCN)NC(=O)CNCc2cccc(Cl)c2)cc1. The van der Waals surface area contributed by atoms with Crippen LogP contribution in [0.4, 0.5) is 5.69 Å². The Hall–Kier alpha value is -2.41. The molecular weight excluding hydrogens is 388 g/mol. The number of nitrogens with two attached hydrogens (primary N) is 1. The molecule has 156 valence electrons. The Morgan fingerprint density at radius 3 is 2.55 bits per heavy atom. The maximum atomic E-state index is 12.7. The van der Waals surface area contributed by atoms with Gasteiger partial charge in [0.25, 0.3) is 0 Å². The number of nitrogens with one attached hydrogen (secondary N) is 3. The van der Waals surface area contributed by atoms with Crippen molar-refractivity contribution in [3.63, 3.8) is 0 Å². The molecule has 0 aliphatic heterocycles. The number of unbranched alkanes of at least 4 members (excludes halogenated alkanes) is 1. The number of rotatable bonds is 11. The van der Waals surface area contributed by atoms with E-state index < -0.39 is 6.04 Å². The molecule has 0 heterocycles. The van der Waals surface area contributed by atoms with Gasteiger partial charge in [0, 0.05) is 17.3 Å². The highest BCUT2D eigenvalue weighted by Crippen LogP contribution is 2.11. The highest BCUT2D eigenvalue weighted by Gasteiger charge is 2.20. The molecule has 2 amide bonds. The van der Waals surface area contributed by atoms with Crippen LogP contribution in [0.2, 0.25) is 5.02 Å². The fourth-order valence-electron chi connectivity index (χ4n) is 2.84. The highest BCUT2D eigenvalue weighted by molar-refractivity contribution is 6.30. The number of carbonyl (C=O) groups is 2. The second kappa shape index (κ2) is 12.2. The number of amides is 2. The number of benzene rings is 2. The van der Waals surface area contributed by atoms with Crippen molar-refractivity contribution in [2.75, 3.05) is 18.4 Å². The average Bonchev–Trinajstić information content (AvgIpc) is 2.69. The minimum Gasteiger partial charge on any atom is -0.343 e. The van der Waals surface area contributed by atoms with Gasteiger partial charge in [-0.1, -0.05) is 41.4 Å². The average molecular weight is 417 g/mol. The third-order valence-corrected chi connectivity index (χ3v) is 4.66. The second-order valence-corrected chi connectivity index (χ2v) is 7.43. The van der Waals surface area contributed by atoms with E-state index >= 15 is 0 Å². The third-order valence-electron chi connectivity index (χ3n) is 4.42. The van der Waals surface area contributed by atoms with Crippen LogP contribution in [0.15, 0.2) is 48.5 Å². The molecule has 0 aliphatic carbocycles. The zero-order valence-electron chi connectivity index (χ0n) is 16.7. The molecule has 1 atom stereocenters. The molecule has 2 aromatic rings. The van der Waals surface area contributed by atoms with Gasteiger partial charge in [0.2, 0.25) is 11.8 Å². The molecule has 0 unspecified atom stereocenters. The van der Waals surface area contributed by atoms with E-state index in [4.69, 9.17) is 17.3 Å². The topological polar surface area (TPSA) is 96.2 Å². The Balaban J connectivity index is 1.87. The lowest BCUT2D eigenvalue weighted by molar-refractivity contribution is -0.126. The molecular formula is C22H29ClN4O2. The fourth-order valence-corrected chi connectivity index (χ4v) is 3.05. The first-order chi connectivity index (χ1) is 14.0. The second-order valence-electron chi connectivity index (χ2n) is 6.99. The number of aryl methyl sites for hydroxylation is 1. The predicted molar refractivity (Wildman–Crippen MR) is 118 cm³/mol. The molecule has 0 spiro atoms. The van der Waals surface area contributed by atoms with E-state index in [2.05, 4.69) is 16.0 Å². The summed E-state index contributed by atoms with van der Waals surface area (Å²) in [5.41, 5.74) is 8.36. The maximum Gasteiger partial charge on any atom is 0.246 e. The molecule has 6 nitrogen and oxygen atoms in total. The van der Waals surface area contributed by atoms with Gasteiger partial charge in [-0.25, -0.2) is 0 Å². The van der Waals surface area contributed by atoms with Crippen molar-refractivity contribution in [2.45, 2.75) is 38.8 Å². The quantitative estimate of drug-likeness (QED) is 0.423. The van der Waals surface area contributed by atoms with E-state index in [1.54, 1.807) is 6.07 Å². The van der Waals surface area contributed by atoms with Crippen molar-refractivity contribution >= 4 is 29.1 Å². The molecule has 29 heavy (non-hydrogen) atoms. The van der Waals surface area contributed by atoms with Crippen molar-refractivity contribution in [1.82, 2.24) is 10.6 Å². The van der Waals surface area contributed by atoms with Crippen LogP contribution in [0.25, 0.3) is 0 Å². The summed E-state index contributed by atoms with van der Waals surface area (Å²) in [7, 11) is 0. The summed E-state index contributed by atoms with van der Waals surface area (Å²) in [6.45, 7) is 3.17. The number of hydrogen-bond acceptors (Lipinski definition) is 4. The van der Waals surface area contributed by atoms with Gasteiger partial charge >= 0.3 is 0 Å². The number of anilines is 1. The summed E-state index contributed by atoms with van der Waals surface area (Å²) in [5.74, 6) is -0.460. The number of hydrogen-bond donors (Lipinski definition) is 4. The van der Waals surface area contributed by atoms with Gasteiger partial charge in [0.05, 0.1) is 6.54 Å². The lowest BCUT2D eigenvalue weighted by Gasteiger charge is -2.19. The minimum absolute atomic E-state index is 0.109. The smallest absolute Gasteiger partial charge is 0.246 e. The maximum absolute atomic E-state index is 12.7. The first kappa shape index (κ1) is 22.9. The van der Waals surface area contributed by atoms with Crippen LogP contribution >= 0.6 is 11.6 Å². The van der Waals surface area contributed by atoms with Gasteiger partial charge in [-0.2, -0.15) is 0 Å². The van der Waals surface area contributed by atoms with Gasteiger partial charge in [-0.15, -0.1) is 0 Å². The first-order valence-corrected chi connectivity index (χ1v) is 10.2. The largest absolute Gasteiger partial charge is 0.343 e. The third kappa shape index (κ3) is 8.64. The van der Waals surface area contributed by atoms with E-state index in [-0.39, 0.29) is 18.4 Å². The molecule has 5 N–H and O–H groups in total. The summed E-state index contributed by atoms with van der Waals surface area (Å²) in [6.07, 6.45) is 2.10. The van der Waals surface area contributed by atoms with Crippen LogP contribution in [0.1, 0.15) is 30.4 Å². The highest BCUT2D eigenvalue weighted by atomic mass is 35.5. The predicted octanol–water partition coefficient (Wildman–Crippen LogP) is 2.99. The van der Waals surface area contributed by atoms with Crippen LogP contribution in [-0.2, 0) is 16.1 Å². The Labute approximate surface area is 177 Å². The first-order valence-electron chi connectivity index (χ1n) is 9.80. The Kier molecular flexibility index (Phi) is 9.64. The molecule has 2 rings (SSSR count). The zero-order chi connectivity index (χ0) is 21.1. The van der Waals surface area contributed by atoms with Crippen LogP contribution < -0.4 is 21.7 Å². The Morgan fingerprint density at radius 2 is 1.86 bits per heavy atom. The molecule has 0 radical (unpaired) electrons. The Morgan fingerprint density at radius 1 is 1.10 bits per heavy atom. The molecule has 0 fully saturated rings. The van der Waals surface area contributed by atoms with Crippen molar-refractivity contribution in [3.05, 3.63) is 64.7 Å². The van der Waals surface area contributed by atoms with Gasteiger partial charge in [-0.05, 0) is 62.6 Å². The van der Waals surface area contributed by atoms with Gasteiger partial charge in [-0.3, -0.25) is 9.59 Å². The van der Waals surface area contributed by atoms with E-state index in [9.17, 15) is 9.59 Å². The van der Waals surface area contributed by atoms with Crippen LogP contribution in [0.3, 0.4) is 0 Å². The molecule has 0 aromatic heterocycles. The standard InChI is InChI=1S/C22H29ClN4O2/c1-16-8-10-19(11-9-16)26-22(29)20(7-2-3-12-24)27-21(28)15-25-14-17-5-4-6-18(23)13-17/h4-6,8-11,13,20,25H,2-3,7,12,14-15,24H2,1H3,(H,26,29)(H,27,28)/t20-/m0/s1. The summed E-state index contributed by atoms with van der Waals surface area (Å²) >= 11 is 5.97. The molecule has 0 aliphatic rings. The van der Waals surface area contributed by atoms with Gasteiger partial charge in [0.1, 0.15) is 6.04 Å². The van der Waals surface area contributed by atoms with Crippen molar-refractivity contribution in [1.29, 1.82) is 0 Å². The van der Waals surface area contributed by atoms with Crippen molar-refractivity contribution in [3.8, 4) is 0 Å². The normalized spacial score (nSPS) is 11.7. The molecule has 0 saturated carbocycles. The van der Waals surface area contributed by atoms with Gasteiger partial charge < -0.3 is 21.7 Å².